The number of benzene rings is 1. The van der Waals surface area contributed by atoms with Crippen molar-refractivity contribution in [3.05, 3.63) is 51.7 Å². The molecular formula is C13H14ClNS2. The van der Waals surface area contributed by atoms with Gasteiger partial charge in [0.1, 0.15) is 0 Å². The van der Waals surface area contributed by atoms with Crippen molar-refractivity contribution in [3.63, 3.8) is 0 Å². The van der Waals surface area contributed by atoms with Crippen LogP contribution in [0.2, 0.25) is 5.02 Å². The molecule has 0 amide bonds. The number of thiophene rings is 1. The van der Waals surface area contributed by atoms with Gasteiger partial charge in [-0.05, 0) is 30.5 Å². The summed E-state index contributed by atoms with van der Waals surface area (Å²) in [5, 5.41) is 3.13. The second-order valence-electron chi connectivity index (χ2n) is 3.84. The first-order valence-corrected chi connectivity index (χ1v) is 7.52. The van der Waals surface area contributed by atoms with Gasteiger partial charge >= 0.3 is 0 Å². The van der Waals surface area contributed by atoms with Gasteiger partial charge in [0.25, 0.3) is 0 Å². The van der Waals surface area contributed by atoms with Crippen molar-refractivity contribution in [1.82, 2.24) is 0 Å². The summed E-state index contributed by atoms with van der Waals surface area (Å²) in [6.45, 7) is 2.04. The maximum absolute atomic E-state index is 6.18. The van der Waals surface area contributed by atoms with E-state index in [9.17, 15) is 0 Å². The second-order valence-corrected chi connectivity index (χ2v) is 6.41. The van der Waals surface area contributed by atoms with Gasteiger partial charge in [0.15, 0.2) is 0 Å². The molecular weight excluding hydrogens is 270 g/mol. The molecule has 2 rings (SSSR count). The Kier molecular flexibility index (Phi) is 4.51. The fraction of sp³-hybridized carbons (Fsp3) is 0.231. The normalized spacial score (nSPS) is 14.5. The molecule has 0 aliphatic rings. The van der Waals surface area contributed by atoms with Crippen LogP contribution in [0.1, 0.15) is 17.1 Å². The summed E-state index contributed by atoms with van der Waals surface area (Å²) in [6.07, 6.45) is 0. The number of nitrogens with two attached hydrogens (primary N) is 1. The Balaban J connectivity index is 2.23. The highest BCUT2D eigenvalue weighted by Gasteiger charge is 2.19. The molecule has 17 heavy (non-hydrogen) atoms. The minimum atomic E-state index is 0.0925. The lowest BCUT2D eigenvalue weighted by molar-refractivity contribution is 0.730. The molecule has 90 valence electrons. The van der Waals surface area contributed by atoms with Crippen LogP contribution in [0.5, 0.6) is 0 Å². The highest BCUT2D eigenvalue weighted by Crippen LogP contribution is 2.41. The first-order valence-electron chi connectivity index (χ1n) is 5.38. The van der Waals surface area contributed by atoms with Crippen molar-refractivity contribution in [1.29, 1.82) is 0 Å². The summed E-state index contributed by atoms with van der Waals surface area (Å²) >= 11 is 9.65. The molecule has 2 aromatic rings. The van der Waals surface area contributed by atoms with Crippen molar-refractivity contribution in [2.75, 3.05) is 0 Å². The monoisotopic (exact) mass is 283 g/mol. The van der Waals surface area contributed by atoms with Crippen LogP contribution in [-0.2, 0) is 0 Å². The van der Waals surface area contributed by atoms with Gasteiger partial charge in [-0.1, -0.05) is 29.8 Å². The molecule has 0 aliphatic heterocycles. The van der Waals surface area contributed by atoms with E-state index < -0.39 is 0 Å². The minimum absolute atomic E-state index is 0.0925. The van der Waals surface area contributed by atoms with E-state index in [1.807, 2.05) is 31.2 Å². The van der Waals surface area contributed by atoms with E-state index in [0.717, 1.165) is 9.92 Å². The third-order valence-corrected chi connectivity index (χ3v) is 5.49. The highest BCUT2D eigenvalue weighted by atomic mass is 35.5. The Morgan fingerprint density at radius 2 is 2.00 bits per heavy atom. The van der Waals surface area contributed by atoms with E-state index in [1.54, 1.807) is 23.1 Å². The van der Waals surface area contributed by atoms with Gasteiger partial charge in [-0.15, -0.1) is 23.1 Å². The molecule has 0 saturated heterocycles. The van der Waals surface area contributed by atoms with Crippen LogP contribution in [0, 0.1) is 0 Å². The van der Waals surface area contributed by atoms with Crippen LogP contribution in [0.4, 0.5) is 0 Å². The van der Waals surface area contributed by atoms with Crippen LogP contribution in [0.3, 0.4) is 0 Å². The molecule has 1 heterocycles. The SMILES string of the molecule is CC(N)C(Sc1ccccc1Cl)c1cccs1. The number of thioether (sulfide) groups is 1. The van der Waals surface area contributed by atoms with Gasteiger partial charge in [0.2, 0.25) is 0 Å². The molecule has 1 nitrogen and oxygen atoms in total. The Labute approximate surface area is 115 Å². The Morgan fingerprint density at radius 1 is 1.24 bits per heavy atom. The summed E-state index contributed by atoms with van der Waals surface area (Å²) in [5.41, 5.74) is 6.07. The predicted molar refractivity (Wildman–Crippen MR) is 78.0 cm³/mol. The smallest absolute Gasteiger partial charge is 0.0587 e. The quantitative estimate of drug-likeness (QED) is 0.831. The maximum atomic E-state index is 6.18. The predicted octanol–water partition coefficient (Wildman–Crippen LogP) is 4.58. The third-order valence-electron chi connectivity index (χ3n) is 2.39. The lowest BCUT2D eigenvalue weighted by Gasteiger charge is -2.19. The summed E-state index contributed by atoms with van der Waals surface area (Å²) in [7, 11) is 0. The molecule has 0 aliphatic carbocycles. The lowest BCUT2D eigenvalue weighted by Crippen LogP contribution is -2.21. The number of halogens is 1. The molecule has 1 aromatic carbocycles. The van der Waals surface area contributed by atoms with Crippen LogP contribution in [0.25, 0.3) is 0 Å². The molecule has 0 saturated carbocycles. The maximum Gasteiger partial charge on any atom is 0.0587 e. The van der Waals surface area contributed by atoms with Crippen LogP contribution < -0.4 is 5.73 Å². The van der Waals surface area contributed by atoms with Gasteiger partial charge in [-0.25, -0.2) is 0 Å². The molecule has 2 unspecified atom stereocenters. The third kappa shape index (κ3) is 3.26. The van der Waals surface area contributed by atoms with Crippen LogP contribution >= 0.6 is 34.7 Å². The van der Waals surface area contributed by atoms with E-state index in [2.05, 4.69) is 17.5 Å². The van der Waals surface area contributed by atoms with Crippen LogP contribution in [-0.4, -0.2) is 6.04 Å². The Morgan fingerprint density at radius 3 is 2.59 bits per heavy atom. The van der Waals surface area contributed by atoms with E-state index >= 15 is 0 Å². The zero-order chi connectivity index (χ0) is 12.3. The number of rotatable bonds is 4. The number of hydrogen-bond acceptors (Lipinski definition) is 3. The summed E-state index contributed by atoms with van der Waals surface area (Å²) in [5.74, 6) is 0. The Hall–Kier alpha value is -0.480. The van der Waals surface area contributed by atoms with Gasteiger partial charge in [-0.3, -0.25) is 0 Å². The van der Waals surface area contributed by atoms with Crippen molar-refractivity contribution in [2.45, 2.75) is 23.1 Å². The largest absolute Gasteiger partial charge is 0.327 e. The highest BCUT2D eigenvalue weighted by molar-refractivity contribution is 7.99. The van der Waals surface area contributed by atoms with Crippen molar-refractivity contribution in [3.8, 4) is 0 Å². The summed E-state index contributed by atoms with van der Waals surface area (Å²) in [4.78, 5) is 2.38. The standard InChI is InChI=1S/C13H14ClNS2/c1-9(15)13(12-7-4-8-16-12)17-11-6-3-2-5-10(11)14/h2-9,13H,15H2,1H3. The first kappa shape index (κ1) is 13.0. The van der Waals surface area contributed by atoms with Crippen molar-refractivity contribution in [2.24, 2.45) is 5.73 Å². The van der Waals surface area contributed by atoms with Gasteiger partial charge < -0.3 is 5.73 Å². The molecule has 2 atom stereocenters. The fourth-order valence-corrected chi connectivity index (χ4v) is 3.98. The van der Waals surface area contributed by atoms with E-state index in [1.165, 1.54) is 4.88 Å². The van der Waals surface area contributed by atoms with Crippen LogP contribution in [0.15, 0.2) is 46.7 Å². The summed E-state index contributed by atoms with van der Waals surface area (Å²) in [6, 6.07) is 12.2. The van der Waals surface area contributed by atoms with Gasteiger partial charge in [-0.2, -0.15) is 0 Å². The second kappa shape index (κ2) is 5.91. The Bertz CT molecular complexity index is 468. The van der Waals surface area contributed by atoms with E-state index in [0.29, 0.717) is 0 Å². The fourth-order valence-electron chi connectivity index (χ4n) is 1.55. The van der Waals surface area contributed by atoms with Gasteiger partial charge in [0.05, 0.1) is 10.3 Å². The van der Waals surface area contributed by atoms with Crippen molar-refractivity contribution < 1.29 is 0 Å². The first-order chi connectivity index (χ1) is 8.18. The molecule has 4 heteroatoms. The van der Waals surface area contributed by atoms with Crippen molar-refractivity contribution >= 4 is 34.7 Å². The van der Waals surface area contributed by atoms with Gasteiger partial charge in [0, 0.05) is 15.8 Å². The zero-order valence-corrected chi connectivity index (χ0v) is 11.9. The average Bonchev–Trinajstić information content (AvgIpc) is 2.81. The minimum Gasteiger partial charge on any atom is -0.327 e. The molecule has 0 radical (unpaired) electrons. The van der Waals surface area contributed by atoms with E-state index in [4.69, 9.17) is 17.3 Å². The number of hydrogen-bond donors (Lipinski definition) is 1. The average molecular weight is 284 g/mol. The lowest BCUT2D eigenvalue weighted by atomic mass is 10.2. The molecule has 2 N–H and O–H groups in total. The molecule has 0 spiro atoms. The summed E-state index contributed by atoms with van der Waals surface area (Å²) < 4.78 is 0. The zero-order valence-electron chi connectivity index (χ0n) is 9.47. The van der Waals surface area contributed by atoms with E-state index in [-0.39, 0.29) is 11.3 Å². The molecule has 0 fully saturated rings. The molecule has 1 aromatic heterocycles. The molecule has 0 bridgehead atoms. The topological polar surface area (TPSA) is 26.0 Å².